The van der Waals surface area contributed by atoms with Gasteiger partial charge in [-0.05, 0) is 52.6 Å². The van der Waals surface area contributed by atoms with Crippen molar-refractivity contribution in [3.63, 3.8) is 0 Å². The largest absolute Gasteiger partial charge is 0.497 e. The van der Waals surface area contributed by atoms with Crippen LogP contribution >= 0.6 is 0 Å². The molecule has 0 aliphatic carbocycles. The lowest BCUT2D eigenvalue weighted by Crippen LogP contribution is -2.41. The number of carbonyl (C=O) groups excluding carboxylic acids is 1. The molecule has 1 unspecified atom stereocenters. The molecular formula is C26H28N4O4S. The third-order valence-corrected chi connectivity index (χ3v) is 6.46. The van der Waals surface area contributed by atoms with E-state index in [4.69, 9.17) is 15.2 Å². The van der Waals surface area contributed by atoms with E-state index in [2.05, 4.69) is 9.36 Å². The number of aliphatic imine (C=N–C) groups is 1. The van der Waals surface area contributed by atoms with Gasteiger partial charge in [0.15, 0.2) is 11.5 Å². The minimum absolute atomic E-state index is 0.138. The number of nitrogens with zero attached hydrogens (tertiary/aromatic N) is 3. The topological polar surface area (TPSA) is 107 Å². The van der Waals surface area contributed by atoms with Crippen LogP contribution in [0.1, 0.15) is 11.1 Å². The number of hydrogen-bond donors (Lipinski definition) is 1. The van der Waals surface area contributed by atoms with E-state index in [1.54, 1.807) is 52.0 Å². The molecule has 8 nitrogen and oxygen atoms in total. The average molecular weight is 493 g/mol. The predicted octanol–water partition coefficient (Wildman–Crippen LogP) is 3.76. The van der Waals surface area contributed by atoms with Gasteiger partial charge in [0.1, 0.15) is 11.5 Å². The highest BCUT2D eigenvalue weighted by Gasteiger charge is 2.49. The Hall–Kier alpha value is -3.85. The fraction of sp³-hybridized carbons (Fsp3) is 0.231. The molecule has 3 aromatic rings. The lowest BCUT2D eigenvalue weighted by atomic mass is 9.81. The molecule has 35 heavy (non-hydrogen) atoms. The van der Waals surface area contributed by atoms with Crippen LogP contribution in [0.25, 0.3) is 11.1 Å². The number of nitrogens with two attached hydrogens (primary N) is 1. The van der Waals surface area contributed by atoms with Gasteiger partial charge >= 0.3 is 0 Å². The fourth-order valence-electron chi connectivity index (χ4n) is 4.11. The van der Waals surface area contributed by atoms with Crippen LogP contribution < -0.4 is 15.2 Å². The lowest BCUT2D eigenvalue weighted by Gasteiger charge is -2.26. The summed E-state index contributed by atoms with van der Waals surface area (Å²) in [5.74, 6) is 1.14. The average Bonchev–Trinajstić information content (AvgIpc) is 3.07. The molecule has 1 heterocycles. The molecule has 0 bridgehead atoms. The number of ether oxygens (including phenoxy) is 2. The van der Waals surface area contributed by atoms with Crippen molar-refractivity contribution in [3.05, 3.63) is 77.9 Å². The minimum atomic E-state index is -2.37. The van der Waals surface area contributed by atoms with Gasteiger partial charge in [0.05, 0.1) is 19.9 Å². The summed E-state index contributed by atoms with van der Waals surface area (Å²) in [6, 6.07) is 20.2. The normalized spacial score (nSPS) is 17.8. The summed E-state index contributed by atoms with van der Waals surface area (Å²) in [5, 5.41) is 0. The summed E-state index contributed by atoms with van der Waals surface area (Å²) in [6.07, 6.45) is 3.16. The standard InChI is InChI=1S/C26H28N4O4S/c1-30-24(31)26(28-25(30)27,19-9-11-22(33-2)12-10-19)20-8-6-7-17(13-20)18-14-21(29-35(4,5)32)16-23(15-18)34-3/h6-16H,1-5H3,(H2,27,28). The smallest absolute Gasteiger partial charge is 0.266 e. The molecule has 4 rings (SSSR count). The van der Waals surface area contributed by atoms with Gasteiger partial charge in [-0.2, -0.15) is 4.36 Å². The van der Waals surface area contributed by atoms with Crippen LogP contribution in [0, 0.1) is 0 Å². The van der Waals surface area contributed by atoms with Gasteiger partial charge in [0.25, 0.3) is 5.91 Å². The van der Waals surface area contributed by atoms with Gasteiger partial charge < -0.3 is 15.2 Å². The Morgan fingerprint density at radius 2 is 1.60 bits per heavy atom. The molecule has 1 aliphatic rings. The van der Waals surface area contributed by atoms with E-state index < -0.39 is 15.3 Å². The Balaban J connectivity index is 1.91. The van der Waals surface area contributed by atoms with E-state index in [0.29, 0.717) is 28.3 Å². The highest BCUT2D eigenvalue weighted by atomic mass is 32.2. The maximum absolute atomic E-state index is 13.6. The van der Waals surface area contributed by atoms with Gasteiger partial charge in [-0.1, -0.05) is 30.3 Å². The van der Waals surface area contributed by atoms with Gasteiger partial charge in [-0.3, -0.25) is 9.69 Å². The molecule has 0 spiro atoms. The molecule has 2 N–H and O–H groups in total. The number of methoxy groups -OCH3 is 2. The molecule has 0 radical (unpaired) electrons. The summed E-state index contributed by atoms with van der Waals surface area (Å²) >= 11 is 0. The first kappa shape index (κ1) is 24.3. The second-order valence-corrected chi connectivity index (χ2v) is 11.1. The first-order valence-corrected chi connectivity index (χ1v) is 13.2. The van der Waals surface area contributed by atoms with Crippen molar-refractivity contribution < 1.29 is 18.5 Å². The number of benzene rings is 3. The van der Waals surface area contributed by atoms with E-state index in [-0.39, 0.29) is 11.9 Å². The van der Waals surface area contributed by atoms with Crippen molar-refractivity contribution in [2.45, 2.75) is 5.54 Å². The van der Waals surface area contributed by atoms with Gasteiger partial charge in [0, 0.05) is 35.4 Å². The molecule has 0 aromatic heterocycles. The van der Waals surface area contributed by atoms with Crippen molar-refractivity contribution in [2.75, 3.05) is 33.8 Å². The number of likely N-dealkylation sites (N-methyl/N-ethyl adjacent to an activating group) is 1. The first-order valence-electron chi connectivity index (χ1n) is 10.8. The first-order chi connectivity index (χ1) is 16.6. The third-order valence-electron chi connectivity index (χ3n) is 5.81. The zero-order valence-electron chi connectivity index (χ0n) is 20.3. The summed E-state index contributed by atoms with van der Waals surface area (Å²) < 4.78 is 27.4. The third kappa shape index (κ3) is 4.59. The molecule has 9 heteroatoms. The van der Waals surface area contributed by atoms with E-state index in [1.165, 1.54) is 4.90 Å². The maximum atomic E-state index is 13.6. The van der Waals surface area contributed by atoms with Crippen molar-refractivity contribution >= 4 is 27.3 Å². The van der Waals surface area contributed by atoms with Crippen molar-refractivity contribution in [3.8, 4) is 22.6 Å². The highest BCUT2D eigenvalue weighted by Crippen LogP contribution is 2.41. The predicted molar refractivity (Wildman–Crippen MR) is 139 cm³/mol. The minimum Gasteiger partial charge on any atom is -0.497 e. The Kier molecular flexibility index (Phi) is 6.29. The molecule has 1 aliphatic heterocycles. The molecule has 3 aromatic carbocycles. The SMILES string of the molecule is COc1ccc(C2(c3cccc(-c4cc(N=S(C)(C)=O)cc(OC)c4)c3)N=C(N)N(C)C2=O)cc1. The summed E-state index contributed by atoms with van der Waals surface area (Å²) in [5.41, 5.74) is 8.27. The molecule has 0 saturated heterocycles. The molecule has 0 saturated carbocycles. The Bertz CT molecular complexity index is 1430. The lowest BCUT2D eigenvalue weighted by molar-refractivity contribution is -0.129. The number of rotatable bonds is 6. The zero-order chi connectivity index (χ0) is 25.4. The highest BCUT2D eigenvalue weighted by molar-refractivity contribution is 7.92. The number of hydrogen-bond acceptors (Lipinski definition) is 7. The number of guanidine groups is 1. The van der Waals surface area contributed by atoms with Crippen LogP contribution in [0.15, 0.2) is 76.1 Å². The molecular weight excluding hydrogens is 464 g/mol. The monoisotopic (exact) mass is 492 g/mol. The van der Waals surface area contributed by atoms with Crippen LogP contribution in [0.2, 0.25) is 0 Å². The molecule has 1 atom stereocenters. The van der Waals surface area contributed by atoms with Gasteiger partial charge in [0.2, 0.25) is 0 Å². The van der Waals surface area contributed by atoms with E-state index in [1.807, 2.05) is 48.5 Å². The molecule has 182 valence electrons. The maximum Gasteiger partial charge on any atom is 0.266 e. The van der Waals surface area contributed by atoms with Gasteiger partial charge in [-0.25, -0.2) is 9.20 Å². The Morgan fingerprint density at radius 1 is 0.914 bits per heavy atom. The van der Waals surface area contributed by atoms with E-state index in [0.717, 1.165) is 11.1 Å². The van der Waals surface area contributed by atoms with Crippen LogP contribution in [0.3, 0.4) is 0 Å². The second-order valence-electron chi connectivity index (χ2n) is 8.55. The molecule has 1 amide bonds. The van der Waals surface area contributed by atoms with Crippen LogP contribution in [-0.4, -0.2) is 54.8 Å². The quantitative estimate of drug-likeness (QED) is 0.564. The van der Waals surface area contributed by atoms with E-state index >= 15 is 0 Å². The fourth-order valence-corrected chi connectivity index (χ4v) is 4.73. The van der Waals surface area contributed by atoms with Gasteiger partial charge in [-0.15, -0.1) is 0 Å². The summed E-state index contributed by atoms with van der Waals surface area (Å²) in [6.45, 7) is 0. The van der Waals surface area contributed by atoms with Crippen molar-refractivity contribution in [1.82, 2.24) is 4.90 Å². The number of amides is 1. The van der Waals surface area contributed by atoms with Crippen molar-refractivity contribution in [2.24, 2.45) is 15.1 Å². The van der Waals surface area contributed by atoms with E-state index in [9.17, 15) is 9.00 Å². The second kappa shape index (κ2) is 9.07. The zero-order valence-corrected chi connectivity index (χ0v) is 21.1. The number of carbonyl (C=O) groups is 1. The Labute approximate surface area is 205 Å². The Morgan fingerprint density at radius 3 is 2.17 bits per heavy atom. The molecule has 0 fully saturated rings. The summed E-state index contributed by atoms with van der Waals surface area (Å²) in [4.78, 5) is 19.6. The summed E-state index contributed by atoms with van der Waals surface area (Å²) in [7, 11) is 2.40. The van der Waals surface area contributed by atoms with Crippen molar-refractivity contribution in [1.29, 1.82) is 0 Å². The van der Waals surface area contributed by atoms with Crippen LogP contribution in [-0.2, 0) is 20.1 Å². The van der Waals surface area contributed by atoms with Crippen LogP contribution in [0.5, 0.6) is 11.5 Å². The van der Waals surface area contributed by atoms with Crippen LogP contribution in [0.4, 0.5) is 5.69 Å².